The lowest BCUT2D eigenvalue weighted by atomic mass is 9.83. The maximum absolute atomic E-state index is 14.0. The number of ether oxygens (including phenoxy) is 2. The van der Waals surface area contributed by atoms with Crippen LogP contribution in [0.3, 0.4) is 0 Å². The van der Waals surface area contributed by atoms with E-state index in [9.17, 15) is 22.8 Å². The topological polar surface area (TPSA) is 59.1 Å². The van der Waals surface area contributed by atoms with Crippen LogP contribution in [0.5, 0.6) is 5.75 Å². The Labute approximate surface area is 263 Å². The minimum absolute atomic E-state index is 0.122. The van der Waals surface area contributed by atoms with E-state index in [0.717, 1.165) is 56.4 Å². The number of halogens is 3. The molecule has 6 nitrogen and oxygen atoms in total. The third kappa shape index (κ3) is 7.03. The van der Waals surface area contributed by atoms with Crippen molar-refractivity contribution in [2.45, 2.75) is 70.4 Å². The highest BCUT2D eigenvalue weighted by atomic mass is 19.4. The number of aryl methyl sites for hydroxylation is 1. The molecule has 0 radical (unpaired) electrons. The highest BCUT2D eigenvalue weighted by Crippen LogP contribution is 2.40. The normalized spacial score (nSPS) is 15.8. The summed E-state index contributed by atoms with van der Waals surface area (Å²) >= 11 is 0. The largest absolute Gasteiger partial charge is 0.496 e. The Kier molecular flexibility index (Phi) is 10.2. The van der Waals surface area contributed by atoms with Crippen LogP contribution < -0.4 is 4.74 Å². The Morgan fingerprint density at radius 3 is 2.31 bits per heavy atom. The van der Waals surface area contributed by atoms with Crippen LogP contribution in [-0.4, -0.2) is 55.7 Å². The van der Waals surface area contributed by atoms with Crippen LogP contribution in [0.4, 0.5) is 13.2 Å². The number of alkyl halides is 3. The molecule has 0 atom stereocenters. The van der Waals surface area contributed by atoms with E-state index >= 15 is 0 Å². The predicted molar refractivity (Wildman–Crippen MR) is 167 cm³/mol. The number of piperidine rings is 1. The molecule has 0 N–H and O–H groups in total. The molecule has 0 unspecified atom stereocenters. The number of benzene rings is 3. The van der Waals surface area contributed by atoms with Gasteiger partial charge in [0, 0.05) is 25.2 Å². The fourth-order valence-electron chi connectivity index (χ4n) is 6.67. The number of carbonyl (C=O) groups excluding carboxylic acids is 2. The number of nitrogens with zero attached hydrogens (tertiary/aromatic N) is 2. The van der Waals surface area contributed by atoms with Crippen molar-refractivity contribution in [2.24, 2.45) is 0 Å². The van der Waals surface area contributed by atoms with Crippen LogP contribution in [0.25, 0.3) is 11.1 Å². The van der Waals surface area contributed by atoms with Crippen LogP contribution in [-0.2, 0) is 23.8 Å². The number of hydrogen-bond acceptors (Lipinski definition) is 5. The Balaban J connectivity index is 1.37. The van der Waals surface area contributed by atoms with Crippen LogP contribution in [0.2, 0.25) is 0 Å². The molecular formula is C36H41F3N2O4. The first-order chi connectivity index (χ1) is 21.7. The molecule has 1 amide bonds. The molecule has 5 rings (SSSR count). The second kappa shape index (κ2) is 14.1. The Hall–Kier alpha value is -3.85. The fraction of sp³-hybridized carbons (Fsp3) is 0.444. The molecule has 1 aliphatic heterocycles. The molecule has 0 bridgehead atoms. The number of esters is 1. The summed E-state index contributed by atoms with van der Waals surface area (Å²) in [6, 6.07) is 13.8. The molecule has 0 spiro atoms. The van der Waals surface area contributed by atoms with E-state index in [1.807, 2.05) is 0 Å². The number of hydrogen-bond donors (Lipinski definition) is 0. The summed E-state index contributed by atoms with van der Waals surface area (Å²) in [4.78, 5) is 26.8. The standard InChI is InChI=1S/C36H41F3N2O4/c1-4-5-20-41(40-21-18-26(19-22-40)31-17-12-24-8-6-7-9-30(24)33(31)44-2)34(42)27-13-16-29(32(23-27)35(43)45-3)25-10-14-28(15-11-25)36(37,38)39/h10-17,23,26H,4-9,18-22H2,1-3H3. The lowest BCUT2D eigenvalue weighted by Gasteiger charge is -2.40. The molecule has 1 saturated heterocycles. The summed E-state index contributed by atoms with van der Waals surface area (Å²) < 4.78 is 50.3. The summed E-state index contributed by atoms with van der Waals surface area (Å²) in [6.07, 6.45) is 3.57. The zero-order valence-corrected chi connectivity index (χ0v) is 26.2. The molecule has 240 valence electrons. The molecule has 3 aromatic carbocycles. The Morgan fingerprint density at radius 1 is 0.956 bits per heavy atom. The van der Waals surface area contributed by atoms with E-state index in [0.29, 0.717) is 42.2 Å². The minimum atomic E-state index is -4.47. The first-order valence-electron chi connectivity index (χ1n) is 15.8. The Morgan fingerprint density at radius 2 is 1.67 bits per heavy atom. The van der Waals surface area contributed by atoms with Gasteiger partial charge in [0.15, 0.2) is 0 Å². The maximum Gasteiger partial charge on any atom is 0.416 e. The third-order valence-electron chi connectivity index (χ3n) is 9.12. The third-order valence-corrected chi connectivity index (χ3v) is 9.12. The smallest absolute Gasteiger partial charge is 0.416 e. The van der Waals surface area contributed by atoms with Gasteiger partial charge in [-0.3, -0.25) is 9.80 Å². The minimum Gasteiger partial charge on any atom is -0.496 e. The summed E-state index contributed by atoms with van der Waals surface area (Å²) in [5.41, 5.74) is 4.48. The van der Waals surface area contributed by atoms with E-state index in [1.54, 1.807) is 24.3 Å². The van der Waals surface area contributed by atoms with Crippen molar-refractivity contribution in [1.29, 1.82) is 0 Å². The molecule has 1 aliphatic carbocycles. The number of unbranched alkanes of at least 4 members (excludes halogenated alkanes) is 1. The second-order valence-electron chi connectivity index (χ2n) is 11.9. The molecule has 9 heteroatoms. The van der Waals surface area contributed by atoms with Gasteiger partial charge in [0.1, 0.15) is 5.75 Å². The molecular weight excluding hydrogens is 581 g/mol. The van der Waals surface area contributed by atoms with E-state index in [4.69, 9.17) is 9.47 Å². The molecule has 3 aromatic rings. The van der Waals surface area contributed by atoms with E-state index in [2.05, 4.69) is 24.1 Å². The van der Waals surface area contributed by atoms with E-state index in [-0.39, 0.29) is 11.5 Å². The number of amides is 1. The zero-order valence-electron chi connectivity index (χ0n) is 26.2. The molecule has 45 heavy (non-hydrogen) atoms. The molecule has 0 aromatic heterocycles. The average Bonchev–Trinajstić information content (AvgIpc) is 3.07. The van der Waals surface area contributed by atoms with Gasteiger partial charge < -0.3 is 9.47 Å². The fourth-order valence-corrected chi connectivity index (χ4v) is 6.67. The van der Waals surface area contributed by atoms with Gasteiger partial charge in [0.2, 0.25) is 0 Å². The first kappa shape index (κ1) is 32.5. The van der Waals surface area contributed by atoms with E-state index in [1.165, 1.54) is 54.8 Å². The molecule has 1 heterocycles. The number of fused-ring (bicyclic) bond motifs is 1. The number of rotatable bonds is 9. The summed E-state index contributed by atoms with van der Waals surface area (Å²) in [6.45, 7) is 4.02. The van der Waals surface area contributed by atoms with Gasteiger partial charge in [0.25, 0.3) is 5.91 Å². The van der Waals surface area contributed by atoms with Crippen LogP contribution >= 0.6 is 0 Å². The quantitative estimate of drug-likeness (QED) is 0.226. The van der Waals surface area contributed by atoms with Gasteiger partial charge in [-0.25, -0.2) is 9.80 Å². The van der Waals surface area contributed by atoms with Crippen molar-refractivity contribution in [1.82, 2.24) is 10.0 Å². The van der Waals surface area contributed by atoms with Gasteiger partial charge in [0.05, 0.1) is 25.3 Å². The highest BCUT2D eigenvalue weighted by molar-refractivity contribution is 6.02. The van der Waals surface area contributed by atoms with Crippen molar-refractivity contribution in [3.05, 3.63) is 88.0 Å². The predicted octanol–water partition coefficient (Wildman–Crippen LogP) is 8.08. The van der Waals surface area contributed by atoms with Crippen LogP contribution in [0.1, 0.15) is 94.3 Å². The molecule has 0 saturated carbocycles. The van der Waals surface area contributed by atoms with Crippen molar-refractivity contribution in [3.63, 3.8) is 0 Å². The zero-order chi connectivity index (χ0) is 32.1. The van der Waals surface area contributed by atoms with Gasteiger partial charge in [-0.05, 0) is 103 Å². The van der Waals surface area contributed by atoms with Crippen molar-refractivity contribution >= 4 is 11.9 Å². The molecule has 2 aliphatic rings. The Bertz CT molecular complexity index is 1510. The highest BCUT2D eigenvalue weighted by Gasteiger charge is 2.32. The van der Waals surface area contributed by atoms with E-state index < -0.39 is 17.7 Å². The average molecular weight is 623 g/mol. The maximum atomic E-state index is 14.0. The lowest BCUT2D eigenvalue weighted by molar-refractivity contribution is -0.137. The van der Waals surface area contributed by atoms with Crippen molar-refractivity contribution in [3.8, 4) is 16.9 Å². The van der Waals surface area contributed by atoms with Crippen LogP contribution in [0.15, 0.2) is 54.6 Å². The first-order valence-corrected chi connectivity index (χ1v) is 15.8. The summed E-state index contributed by atoms with van der Waals surface area (Å²) in [5, 5.41) is 3.90. The van der Waals surface area contributed by atoms with Gasteiger partial charge in [-0.15, -0.1) is 0 Å². The molecule has 1 fully saturated rings. The van der Waals surface area contributed by atoms with Gasteiger partial charge in [-0.1, -0.05) is 43.7 Å². The van der Waals surface area contributed by atoms with Crippen molar-refractivity contribution < 1.29 is 32.2 Å². The summed E-state index contributed by atoms with van der Waals surface area (Å²) in [5.74, 6) is 0.477. The lowest BCUT2D eigenvalue weighted by Crippen LogP contribution is -2.50. The van der Waals surface area contributed by atoms with Crippen molar-refractivity contribution in [2.75, 3.05) is 33.9 Å². The number of hydrazine groups is 1. The second-order valence-corrected chi connectivity index (χ2v) is 11.9. The van der Waals surface area contributed by atoms with Crippen LogP contribution in [0, 0.1) is 0 Å². The van der Waals surface area contributed by atoms with Gasteiger partial charge in [-0.2, -0.15) is 13.2 Å². The number of methoxy groups -OCH3 is 2. The SMILES string of the molecule is CCCCN(C(=O)c1ccc(-c2ccc(C(F)(F)F)cc2)c(C(=O)OC)c1)N1CCC(c2ccc3c(c2OC)CCCC3)CC1. The monoisotopic (exact) mass is 622 g/mol. The van der Waals surface area contributed by atoms with Gasteiger partial charge >= 0.3 is 12.1 Å². The number of carbonyl (C=O) groups is 2. The summed E-state index contributed by atoms with van der Waals surface area (Å²) in [7, 11) is 3.00.